The summed E-state index contributed by atoms with van der Waals surface area (Å²) in [4.78, 5) is 9.45. The second-order valence-electron chi connectivity index (χ2n) is 1.01. The van der Waals surface area contributed by atoms with Crippen molar-refractivity contribution in [2.45, 2.75) is 13.0 Å². The summed E-state index contributed by atoms with van der Waals surface area (Å²) in [6.45, 7) is 1.20. The van der Waals surface area contributed by atoms with Crippen molar-refractivity contribution in [3.8, 4) is 0 Å². The Kier molecular flexibility index (Phi) is 6.67. The first-order valence-electron chi connectivity index (χ1n) is 1.55. The molecule has 0 bridgehead atoms. The molecule has 7 heavy (non-hydrogen) atoms. The largest absolute Gasteiger partial charge is 0.479 e. The van der Waals surface area contributed by atoms with Gasteiger partial charge in [-0.15, -0.1) is 0 Å². The molecule has 0 aliphatic carbocycles. The molecule has 0 aromatic rings. The van der Waals surface area contributed by atoms with Gasteiger partial charge in [0.25, 0.3) is 0 Å². The molecular weight excluding hydrogens is 196 g/mol. The van der Waals surface area contributed by atoms with E-state index in [2.05, 4.69) is 0 Å². The first kappa shape index (κ1) is 10.4. The van der Waals surface area contributed by atoms with Crippen molar-refractivity contribution in [1.29, 1.82) is 0 Å². The zero-order valence-electron chi connectivity index (χ0n) is 4.09. The predicted molar refractivity (Wildman–Crippen MR) is 19.3 cm³/mol. The molecule has 0 saturated heterocycles. The number of aliphatic hydroxyl groups is 1. The fourth-order valence-electron chi connectivity index (χ4n) is 0. The Morgan fingerprint density at radius 2 is 1.86 bits per heavy atom. The van der Waals surface area contributed by atoms with E-state index >= 15 is 0 Å². The second-order valence-corrected chi connectivity index (χ2v) is 1.01. The average molecular weight is 202 g/mol. The van der Waals surface area contributed by atoms with Crippen LogP contribution in [0.5, 0.6) is 0 Å². The van der Waals surface area contributed by atoms with Crippen LogP contribution in [0.1, 0.15) is 6.92 Å². The first-order chi connectivity index (χ1) is 2.64. The summed E-state index contributed by atoms with van der Waals surface area (Å²) in [6, 6.07) is 0. The molecule has 1 unspecified atom stereocenters. The third-order valence-corrected chi connectivity index (χ3v) is 0.357. The minimum atomic E-state index is -1.23. The Morgan fingerprint density at radius 1 is 1.71 bits per heavy atom. The van der Waals surface area contributed by atoms with E-state index in [9.17, 15) is 4.79 Å². The topological polar surface area (TPSA) is 57.5 Å². The van der Waals surface area contributed by atoms with Crippen LogP contribution >= 0.6 is 0 Å². The van der Waals surface area contributed by atoms with Crippen molar-refractivity contribution >= 4 is 5.97 Å². The van der Waals surface area contributed by atoms with Crippen molar-refractivity contribution < 1.29 is 42.3 Å². The van der Waals surface area contributed by atoms with Crippen molar-refractivity contribution in [1.82, 2.24) is 0 Å². The van der Waals surface area contributed by atoms with Crippen LogP contribution < -0.4 is 0 Å². The number of aliphatic carboxylic acids is 1. The van der Waals surface area contributed by atoms with Gasteiger partial charge < -0.3 is 10.2 Å². The van der Waals surface area contributed by atoms with Crippen molar-refractivity contribution in [3.63, 3.8) is 0 Å². The van der Waals surface area contributed by atoms with Crippen molar-refractivity contribution in [2.24, 2.45) is 0 Å². The van der Waals surface area contributed by atoms with Gasteiger partial charge in [0.1, 0.15) is 6.10 Å². The summed E-state index contributed by atoms with van der Waals surface area (Å²) in [7, 11) is 0. The molecule has 38 valence electrons. The predicted octanol–water partition coefficient (Wildman–Crippen LogP) is -0.551. The van der Waals surface area contributed by atoms with Gasteiger partial charge in [0.05, 0.1) is 0 Å². The Hall–Kier alpha value is 0.352. The number of carboxylic acid groups (broad SMARTS) is 1. The van der Waals surface area contributed by atoms with Gasteiger partial charge in [-0.1, -0.05) is 0 Å². The number of hydrogen-bond donors (Lipinski definition) is 2. The molecule has 0 spiro atoms. The summed E-state index contributed by atoms with van der Waals surface area (Å²) in [5.74, 6) is -1.19. The van der Waals surface area contributed by atoms with Crippen LogP contribution in [0.25, 0.3) is 0 Å². The van der Waals surface area contributed by atoms with Gasteiger partial charge in [-0.2, -0.15) is 0 Å². The molecule has 2 N–H and O–H groups in total. The summed E-state index contributed by atoms with van der Waals surface area (Å²) in [5.41, 5.74) is 0. The molecule has 1 atom stereocenters. The number of rotatable bonds is 1. The number of aliphatic hydroxyl groups excluding tert-OH is 1. The maximum Gasteiger partial charge on any atom is 0.332 e. The number of hydrogen-bond acceptors (Lipinski definition) is 2. The number of carbonyl (C=O) groups is 1. The van der Waals surface area contributed by atoms with Crippen LogP contribution in [0.15, 0.2) is 0 Å². The Bertz CT molecular complexity index is 61.2. The normalized spacial score (nSPS) is 11.7. The van der Waals surface area contributed by atoms with E-state index in [0.29, 0.717) is 0 Å². The molecule has 0 aromatic heterocycles. The van der Waals surface area contributed by atoms with Crippen LogP contribution in [0.2, 0.25) is 0 Å². The smallest absolute Gasteiger partial charge is 0.332 e. The standard InChI is InChI=1S/C3H6O3.Cd/c1-2(4)3(5)6;/h2,4H,1H3,(H,5,6);. The quantitative estimate of drug-likeness (QED) is 0.561. The van der Waals surface area contributed by atoms with Gasteiger partial charge in [0, 0.05) is 27.3 Å². The van der Waals surface area contributed by atoms with Crippen LogP contribution in [-0.4, -0.2) is 22.3 Å². The summed E-state index contributed by atoms with van der Waals surface area (Å²) < 4.78 is 0. The minimum Gasteiger partial charge on any atom is -0.479 e. The fraction of sp³-hybridized carbons (Fsp3) is 0.667. The molecule has 0 aliphatic rings. The summed E-state index contributed by atoms with van der Waals surface area (Å²) in [5, 5.41) is 15.8. The molecular formula is C3H6CdO3. The first-order valence-corrected chi connectivity index (χ1v) is 1.55. The third kappa shape index (κ3) is 6.35. The molecule has 0 saturated carbocycles. The molecule has 0 radical (unpaired) electrons. The third-order valence-electron chi connectivity index (χ3n) is 0.357. The van der Waals surface area contributed by atoms with Gasteiger partial charge in [0.15, 0.2) is 0 Å². The van der Waals surface area contributed by atoms with E-state index in [4.69, 9.17) is 10.2 Å². The Balaban J connectivity index is 0. The van der Waals surface area contributed by atoms with Crippen LogP contribution in [0.4, 0.5) is 0 Å². The zero-order chi connectivity index (χ0) is 5.15. The molecule has 0 rings (SSSR count). The van der Waals surface area contributed by atoms with Gasteiger partial charge in [-0.25, -0.2) is 4.79 Å². The van der Waals surface area contributed by atoms with Gasteiger partial charge in [-0.05, 0) is 6.92 Å². The monoisotopic (exact) mass is 204 g/mol. The number of carboxylic acids is 1. The van der Waals surface area contributed by atoms with Crippen molar-refractivity contribution in [2.75, 3.05) is 0 Å². The Labute approximate surface area is 61.5 Å². The van der Waals surface area contributed by atoms with Gasteiger partial charge in [0.2, 0.25) is 0 Å². The maximum absolute atomic E-state index is 9.45. The van der Waals surface area contributed by atoms with Crippen LogP contribution in [0.3, 0.4) is 0 Å². The van der Waals surface area contributed by atoms with E-state index in [1.54, 1.807) is 0 Å². The minimum absolute atomic E-state index is 0. The summed E-state index contributed by atoms with van der Waals surface area (Å²) in [6.07, 6.45) is -1.23. The van der Waals surface area contributed by atoms with E-state index in [1.165, 1.54) is 6.92 Å². The SMILES string of the molecule is CC(O)C(=O)O.[Cd]. The molecule has 3 nitrogen and oxygen atoms in total. The summed E-state index contributed by atoms with van der Waals surface area (Å²) >= 11 is 0. The zero-order valence-corrected chi connectivity index (χ0v) is 8.12. The van der Waals surface area contributed by atoms with Gasteiger partial charge >= 0.3 is 5.97 Å². The molecule has 0 amide bonds. The van der Waals surface area contributed by atoms with Crippen LogP contribution in [0, 0.1) is 0 Å². The van der Waals surface area contributed by atoms with Crippen LogP contribution in [-0.2, 0) is 32.1 Å². The second kappa shape index (κ2) is 4.51. The van der Waals surface area contributed by atoms with E-state index < -0.39 is 12.1 Å². The van der Waals surface area contributed by atoms with Gasteiger partial charge in [-0.3, -0.25) is 0 Å². The fourth-order valence-corrected chi connectivity index (χ4v) is 0. The van der Waals surface area contributed by atoms with Crippen molar-refractivity contribution in [3.05, 3.63) is 0 Å². The van der Waals surface area contributed by atoms with E-state index in [0.717, 1.165) is 0 Å². The maximum atomic E-state index is 9.45. The van der Waals surface area contributed by atoms with E-state index in [1.807, 2.05) is 0 Å². The molecule has 0 fully saturated rings. The molecule has 0 aliphatic heterocycles. The molecule has 0 aromatic carbocycles. The average Bonchev–Trinajstić information content (AvgIpc) is 1.36. The molecule has 0 heterocycles. The molecule has 4 heteroatoms. The Morgan fingerprint density at radius 3 is 1.86 bits per heavy atom. The van der Waals surface area contributed by atoms with E-state index in [-0.39, 0.29) is 27.3 Å².